The van der Waals surface area contributed by atoms with Crippen LogP contribution in [0.25, 0.3) is 0 Å². The average Bonchev–Trinajstić information content (AvgIpc) is 2.27. The van der Waals surface area contributed by atoms with Gasteiger partial charge in [-0.15, -0.1) is 0 Å². The maximum Gasteiger partial charge on any atom is 0.195 e. The second-order valence-electron chi connectivity index (χ2n) is 4.47. The quantitative estimate of drug-likeness (QED) is 0.606. The monoisotopic (exact) mass is 269 g/mol. The van der Waals surface area contributed by atoms with Gasteiger partial charge >= 0.3 is 0 Å². The van der Waals surface area contributed by atoms with Crippen LogP contribution < -0.4 is 0 Å². The number of benzene rings is 1. The zero-order chi connectivity index (χ0) is 13.9. The molecule has 1 rings (SSSR count). The van der Waals surface area contributed by atoms with E-state index in [1.807, 2.05) is 32.9 Å². The van der Waals surface area contributed by atoms with Crippen molar-refractivity contribution in [2.24, 2.45) is 0 Å². The van der Waals surface area contributed by atoms with Gasteiger partial charge in [0, 0.05) is 5.56 Å². The van der Waals surface area contributed by atoms with Gasteiger partial charge in [0.15, 0.2) is 5.78 Å². The first kappa shape index (κ1) is 15.3. The zero-order valence-electron chi connectivity index (χ0n) is 11.0. The van der Waals surface area contributed by atoms with Gasteiger partial charge in [0.25, 0.3) is 0 Å². The zero-order valence-corrected chi connectivity index (χ0v) is 12.2. The first-order valence-electron chi connectivity index (χ1n) is 5.79. The fourth-order valence-corrected chi connectivity index (χ4v) is 2.41. The minimum atomic E-state index is -0.817. The predicted octanol–water partition coefficient (Wildman–Crippen LogP) is 3.18. The van der Waals surface area contributed by atoms with Crippen LogP contribution in [0.15, 0.2) is 12.1 Å². The second kappa shape index (κ2) is 6.40. The average molecular weight is 269 g/mol. The van der Waals surface area contributed by atoms with E-state index in [0.29, 0.717) is 5.56 Å². The summed E-state index contributed by atoms with van der Waals surface area (Å²) in [6, 6.07) is 3.91. The molecular formula is C14H19FO2P. The van der Waals surface area contributed by atoms with Gasteiger partial charge in [0.05, 0.1) is 6.10 Å². The van der Waals surface area contributed by atoms with Crippen molar-refractivity contribution in [2.75, 3.05) is 6.67 Å². The summed E-state index contributed by atoms with van der Waals surface area (Å²) in [6.07, 6.45) is -0.817. The number of alkyl halides is 1. The lowest BCUT2D eigenvalue weighted by atomic mass is 9.97. The van der Waals surface area contributed by atoms with Crippen LogP contribution in [-0.2, 0) is 4.74 Å². The molecule has 99 valence electrons. The molecule has 0 fully saturated rings. The molecule has 0 heterocycles. The van der Waals surface area contributed by atoms with Crippen molar-refractivity contribution in [2.45, 2.75) is 32.7 Å². The first-order chi connectivity index (χ1) is 8.36. The number of Topliss-reactive ketones (excluding diaryl/α,β-unsaturated/α-hetero) is 1. The van der Waals surface area contributed by atoms with Gasteiger partial charge in [-0.05, 0) is 38.8 Å². The lowest BCUT2D eigenvalue weighted by Crippen LogP contribution is -2.25. The van der Waals surface area contributed by atoms with Crippen molar-refractivity contribution in [3.63, 3.8) is 0 Å². The third-order valence-electron chi connectivity index (χ3n) is 2.69. The van der Waals surface area contributed by atoms with E-state index in [-0.39, 0.29) is 5.78 Å². The summed E-state index contributed by atoms with van der Waals surface area (Å²) in [5, 5.41) is 0. The van der Waals surface area contributed by atoms with Crippen molar-refractivity contribution in [1.29, 1.82) is 0 Å². The van der Waals surface area contributed by atoms with E-state index < -0.39 is 18.6 Å². The largest absolute Gasteiger partial charge is 0.360 e. The summed E-state index contributed by atoms with van der Waals surface area (Å²) in [6.45, 7) is 8.53. The molecule has 0 aliphatic carbocycles. The van der Waals surface area contributed by atoms with E-state index in [4.69, 9.17) is 4.74 Å². The Balaban J connectivity index is 2.97. The molecular weight excluding hydrogens is 250 g/mol. The van der Waals surface area contributed by atoms with Gasteiger partial charge in [-0.2, -0.15) is 0 Å². The van der Waals surface area contributed by atoms with Crippen LogP contribution in [0.4, 0.5) is 4.39 Å². The van der Waals surface area contributed by atoms with Crippen LogP contribution in [0, 0.1) is 27.7 Å². The predicted molar refractivity (Wildman–Crippen MR) is 74.7 cm³/mol. The fourth-order valence-electron chi connectivity index (χ4n) is 2.02. The lowest BCUT2D eigenvalue weighted by molar-refractivity contribution is 0.0396. The van der Waals surface area contributed by atoms with Gasteiger partial charge in [-0.3, -0.25) is 4.79 Å². The van der Waals surface area contributed by atoms with Crippen LogP contribution in [0.3, 0.4) is 0 Å². The lowest BCUT2D eigenvalue weighted by Gasteiger charge is -2.18. The van der Waals surface area contributed by atoms with Crippen molar-refractivity contribution < 1.29 is 13.9 Å². The van der Waals surface area contributed by atoms with E-state index in [1.165, 1.54) is 0 Å². The number of rotatable bonds is 5. The Kier molecular flexibility index (Phi) is 5.43. The van der Waals surface area contributed by atoms with Crippen molar-refractivity contribution >= 4 is 15.0 Å². The molecule has 3 atom stereocenters. The molecule has 1 aromatic carbocycles. The summed E-state index contributed by atoms with van der Waals surface area (Å²) < 4.78 is 17.5. The number of carbonyl (C=O) groups is 1. The number of hydrogen-bond acceptors (Lipinski definition) is 2. The van der Waals surface area contributed by atoms with Crippen LogP contribution in [0.2, 0.25) is 0 Å². The molecule has 0 saturated heterocycles. The molecule has 1 radical (unpaired) electrons. The number of hydrogen-bond donors (Lipinski definition) is 0. The Bertz CT molecular complexity index is 422. The molecule has 18 heavy (non-hydrogen) atoms. The van der Waals surface area contributed by atoms with Crippen LogP contribution in [0.5, 0.6) is 0 Å². The molecule has 2 nitrogen and oxygen atoms in total. The molecule has 3 unspecified atom stereocenters. The molecule has 1 aromatic rings. The number of ether oxygens (including phenoxy) is 1. The number of aryl methyl sites for hydroxylation is 3. The molecule has 0 aliphatic heterocycles. The van der Waals surface area contributed by atoms with Gasteiger partial charge in [0.2, 0.25) is 0 Å². The van der Waals surface area contributed by atoms with Crippen LogP contribution >= 0.6 is 9.24 Å². The maximum atomic E-state index is 12.3. The minimum absolute atomic E-state index is 0.155. The highest BCUT2D eigenvalue weighted by molar-refractivity contribution is 7.19. The van der Waals surface area contributed by atoms with Gasteiger partial charge in [-0.25, -0.2) is 4.39 Å². The summed E-state index contributed by atoms with van der Waals surface area (Å²) in [5.41, 5.74) is 3.58. The molecule has 0 N–H and O–H groups in total. The maximum absolute atomic E-state index is 12.3. The summed E-state index contributed by atoms with van der Waals surface area (Å²) >= 11 is 0. The van der Waals surface area contributed by atoms with Crippen molar-refractivity contribution in [1.82, 2.24) is 0 Å². The summed E-state index contributed by atoms with van der Waals surface area (Å²) in [7, 11) is 2.30. The van der Waals surface area contributed by atoms with Crippen molar-refractivity contribution in [3.8, 4) is 0 Å². The molecule has 0 aliphatic rings. The van der Waals surface area contributed by atoms with Crippen LogP contribution in [-0.4, -0.2) is 24.4 Å². The molecule has 4 heteroatoms. The Hall–Kier alpha value is -0.790. The molecule has 0 amide bonds. The highest BCUT2D eigenvalue weighted by Crippen LogP contribution is 2.21. The van der Waals surface area contributed by atoms with Gasteiger partial charge in [-0.1, -0.05) is 26.9 Å². The second-order valence-corrected chi connectivity index (χ2v) is 5.08. The molecule has 0 aromatic heterocycles. The Morgan fingerprint density at radius 1 is 1.39 bits per heavy atom. The Morgan fingerprint density at radius 3 is 2.33 bits per heavy atom. The Labute approximate surface area is 110 Å². The fraction of sp³-hybridized carbons (Fsp3) is 0.429. The highest BCUT2D eigenvalue weighted by atomic mass is 31.0. The summed E-state index contributed by atoms with van der Waals surface area (Å²) in [4.78, 5) is 12.3. The number of ketones is 1. The molecule has 0 saturated carbocycles. The topological polar surface area (TPSA) is 26.3 Å². The minimum Gasteiger partial charge on any atom is -0.360 e. The smallest absolute Gasteiger partial charge is 0.195 e. The van der Waals surface area contributed by atoms with Gasteiger partial charge < -0.3 is 4.74 Å². The molecule has 0 spiro atoms. The third kappa shape index (κ3) is 3.60. The van der Waals surface area contributed by atoms with E-state index in [9.17, 15) is 9.18 Å². The van der Waals surface area contributed by atoms with Gasteiger partial charge in [0.1, 0.15) is 12.5 Å². The van der Waals surface area contributed by atoms with E-state index in [2.05, 4.69) is 16.2 Å². The summed E-state index contributed by atoms with van der Waals surface area (Å²) in [5.74, 6) is -0.916. The Morgan fingerprint density at radius 2 is 1.89 bits per heavy atom. The molecule has 0 bridgehead atoms. The first-order valence-corrected chi connectivity index (χ1v) is 6.45. The number of carbonyl (C=O) groups excluding carboxylic acids is 1. The normalized spacial score (nSPS) is 14.3. The number of halogens is 1. The highest BCUT2D eigenvalue weighted by Gasteiger charge is 2.21. The van der Waals surface area contributed by atoms with Crippen LogP contribution in [0.1, 0.15) is 27.0 Å². The van der Waals surface area contributed by atoms with E-state index in [0.717, 1.165) is 16.7 Å². The third-order valence-corrected chi connectivity index (χ3v) is 3.15. The van der Waals surface area contributed by atoms with E-state index in [1.54, 1.807) is 0 Å². The standard InChI is InChI=1S/C14H19FO2P/c1-8-5-9(2)12(10(3)6-8)13(16)14(18)17-11(4)7-15/h5-6,11,14H,4,7,18H2,1-3H3. The van der Waals surface area contributed by atoms with Crippen molar-refractivity contribution in [3.05, 3.63) is 41.3 Å². The SMILES string of the molecule is [CH2]C(CF)OC(P)C(=O)c1c(C)cc(C)cc1C. The van der Waals surface area contributed by atoms with E-state index >= 15 is 0 Å².